The van der Waals surface area contributed by atoms with Gasteiger partial charge in [0, 0.05) is 37.8 Å². The van der Waals surface area contributed by atoms with Crippen LogP contribution in [0, 0.1) is 11.3 Å². The first-order chi connectivity index (χ1) is 11.2. The van der Waals surface area contributed by atoms with E-state index in [1.54, 1.807) is 54.7 Å². The van der Waals surface area contributed by atoms with Crippen LogP contribution in [0.3, 0.4) is 0 Å². The lowest BCUT2D eigenvalue weighted by atomic mass is 10.2. The van der Waals surface area contributed by atoms with Crippen LogP contribution >= 0.6 is 0 Å². The van der Waals surface area contributed by atoms with E-state index in [0.717, 1.165) is 11.3 Å². The zero-order valence-corrected chi connectivity index (χ0v) is 12.8. The molecule has 1 heterocycles. The Morgan fingerprint density at radius 3 is 2.74 bits per heavy atom. The van der Waals surface area contributed by atoms with E-state index in [1.807, 2.05) is 12.1 Å². The Morgan fingerprint density at radius 1 is 1.35 bits per heavy atom. The van der Waals surface area contributed by atoms with Crippen LogP contribution < -0.4 is 4.90 Å². The molecule has 1 aromatic heterocycles. The van der Waals surface area contributed by atoms with E-state index in [2.05, 4.69) is 11.1 Å². The number of nitrogens with zero attached hydrogens (tertiary/aromatic N) is 3. The summed E-state index contributed by atoms with van der Waals surface area (Å²) in [5, 5.41) is 8.86. The van der Waals surface area contributed by atoms with Gasteiger partial charge in [0.2, 0.25) is 0 Å². The highest BCUT2D eigenvalue weighted by atomic mass is 16.5. The number of carbonyl (C=O) groups excluding carboxylic acids is 1. The lowest BCUT2D eigenvalue weighted by molar-refractivity contribution is -0.114. The molecule has 2 aromatic rings. The number of aromatic nitrogens is 1. The van der Waals surface area contributed by atoms with Gasteiger partial charge in [-0.1, -0.05) is 6.07 Å². The normalized spacial score (nSPS) is 10.4. The summed E-state index contributed by atoms with van der Waals surface area (Å²) < 4.78 is 5.07. The van der Waals surface area contributed by atoms with Gasteiger partial charge in [-0.15, -0.1) is 0 Å². The van der Waals surface area contributed by atoms with Crippen LogP contribution in [-0.2, 0) is 9.53 Å². The summed E-state index contributed by atoms with van der Waals surface area (Å²) in [6.07, 6.45) is 6.59. The van der Waals surface area contributed by atoms with Gasteiger partial charge in [-0.05, 0) is 42.0 Å². The molecule has 5 nitrogen and oxygen atoms in total. The molecule has 0 saturated carbocycles. The molecule has 1 aromatic carbocycles. The summed E-state index contributed by atoms with van der Waals surface area (Å²) in [5.41, 5.74) is 2.13. The Hall–Kier alpha value is -2.97. The molecule has 0 saturated heterocycles. The fourth-order valence-corrected chi connectivity index (χ4v) is 2.00. The number of anilines is 1. The first kappa shape index (κ1) is 16.4. The first-order valence-corrected chi connectivity index (χ1v) is 7.13. The minimum absolute atomic E-state index is 0.157. The Morgan fingerprint density at radius 2 is 2.13 bits per heavy atom. The van der Waals surface area contributed by atoms with Crippen molar-refractivity contribution in [1.29, 1.82) is 5.26 Å². The van der Waals surface area contributed by atoms with Crippen molar-refractivity contribution < 1.29 is 9.53 Å². The molecular weight excluding hydrogens is 290 g/mol. The molecule has 2 rings (SSSR count). The zero-order chi connectivity index (χ0) is 16.5. The van der Waals surface area contributed by atoms with E-state index in [0.29, 0.717) is 18.7 Å². The van der Waals surface area contributed by atoms with Crippen LogP contribution in [0.1, 0.15) is 11.1 Å². The molecule has 0 radical (unpaired) electrons. The number of pyridine rings is 1. The Kier molecular flexibility index (Phi) is 6.04. The molecule has 0 spiro atoms. The van der Waals surface area contributed by atoms with Crippen molar-refractivity contribution in [2.45, 2.75) is 0 Å². The third kappa shape index (κ3) is 4.77. The molecule has 0 aliphatic carbocycles. The highest BCUT2D eigenvalue weighted by Gasteiger charge is 2.13. The average Bonchev–Trinajstić information content (AvgIpc) is 2.61. The van der Waals surface area contributed by atoms with Gasteiger partial charge in [0.15, 0.2) is 0 Å². The summed E-state index contributed by atoms with van der Waals surface area (Å²) in [6.45, 7) is 0.852. The average molecular weight is 307 g/mol. The molecule has 116 valence electrons. The lowest BCUT2D eigenvalue weighted by Crippen LogP contribution is -2.32. The van der Waals surface area contributed by atoms with Gasteiger partial charge >= 0.3 is 0 Å². The van der Waals surface area contributed by atoms with E-state index in [4.69, 9.17) is 10.00 Å². The maximum atomic E-state index is 12.5. The van der Waals surface area contributed by atoms with Crippen molar-refractivity contribution in [1.82, 2.24) is 4.98 Å². The maximum absolute atomic E-state index is 12.5. The number of benzene rings is 1. The third-order valence-corrected chi connectivity index (χ3v) is 3.20. The minimum Gasteiger partial charge on any atom is -0.383 e. The summed E-state index contributed by atoms with van der Waals surface area (Å²) >= 11 is 0. The predicted molar refractivity (Wildman–Crippen MR) is 88.7 cm³/mol. The topological polar surface area (TPSA) is 66.2 Å². The molecule has 23 heavy (non-hydrogen) atoms. The lowest BCUT2D eigenvalue weighted by Gasteiger charge is -2.21. The standard InChI is InChI=1S/C18H17N3O2/c1-23-12-11-21(17-7-4-15(13-19)5-8-17)18(22)9-6-16-3-2-10-20-14-16/h2-10,14H,11-12H2,1H3/b9-6+. The fourth-order valence-electron chi connectivity index (χ4n) is 2.00. The van der Waals surface area contributed by atoms with Gasteiger partial charge in [0.1, 0.15) is 0 Å². The van der Waals surface area contributed by atoms with Crippen molar-refractivity contribution in [3.8, 4) is 6.07 Å². The van der Waals surface area contributed by atoms with Crippen LogP contribution in [0.2, 0.25) is 0 Å². The van der Waals surface area contributed by atoms with Gasteiger partial charge in [0.05, 0.1) is 18.2 Å². The molecule has 0 aliphatic rings. The van der Waals surface area contributed by atoms with Crippen molar-refractivity contribution >= 4 is 17.7 Å². The van der Waals surface area contributed by atoms with Crippen molar-refractivity contribution in [2.24, 2.45) is 0 Å². The molecule has 0 aliphatic heterocycles. The smallest absolute Gasteiger partial charge is 0.251 e. The number of rotatable bonds is 6. The summed E-state index contributed by atoms with van der Waals surface area (Å²) in [7, 11) is 1.59. The molecule has 0 fully saturated rings. The first-order valence-electron chi connectivity index (χ1n) is 7.13. The van der Waals surface area contributed by atoms with Gasteiger partial charge in [0.25, 0.3) is 5.91 Å². The molecule has 1 amide bonds. The van der Waals surface area contributed by atoms with E-state index < -0.39 is 0 Å². The molecule has 0 unspecified atom stereocenters. The molecule has 0 atom stereocenters. The van der Waals surface area contributed by atoms with Crippen LogP contribution in [-0.4, -0.2) is 31.2 Å². The summed E-state index contributed by atoms with van der Waals surface area (Å²) in [6, 6.07) is 12.6. The van der Waals surface area contributed by atoms with Gasteiger partial charge in [-0.25, -0.2) is 0 Å². The largest absolute Gasteiger partial charge is 0.383 e. The Labute approximate surface area is 135 Å². The second-order valence-corrected chi connectivity index (χ2v) is 4.76. The van der Waals surface area contributed by atoms with E-state index in [1.165, 1.54) is 6.08 Å². The number of carbonyl (C=O) groups is 1. The summed E-state index contributed by atoms with van der Waals surface area (Å²) in [5.74, 6) is -0.157. The molecule has 0 bridgehead atoms. The Balaban J connectivity index is 2.18. The van der Waals surface area contributed by atoms with Gasteiger partial charge < -0.3 is 9.64 Å². The number of nitriles is 1. The maximum Gasteiger partial charge on any atom is 0.251 e. The third-order valence-electron chi connectivity index (χ3n) is 3.20. The molecule has 0 N–H and O–H groups in total. The van der Waals surface area contributed by atoms with Crippen LogP contribution in [0.4, 0.5) is 5.69 Å². The quantitative estimate of drug-likeness (QED) is 0.770. The van der Waals surface area contributed by atoms with E-state index in [9.17, 15) is 4.79 Å². The number of ether oxygens (including phenoxy) is 1. The molecule has 5 heteroatoms. The van der Waals surface area contributed by atoms with Gasteiger partial charge in [-0.3, -0.25) is 9.78 Å². The zero-order valence-electron chi connectivity index (χ0n) is 12.8. The van der Waals surface area contributed by atoms with Crippen molar-refractivity contribution in [3.63, 3.8) is 0 Å². The van der Waals surface area contributed by atoms with E-state index >= 15 is 0 Å². The van der Waals surface area contributed by atoms with Gasteiger partial charge in [-0.2, -0.15) is 5.26 Å². The van der Waals surface area contributed by atoms with Crippen molar-refractivity contribution in [3.05, 3.63) is 66.0 Å². The van der Waals surface area contributed by atoms with E-state index in [-0.39, 0.29) is 5.91 Å². The monoisotopic (exact) mass is 307 g/mol. The number of hydrogen-bond donors (Lipinski definition) is 0. The predicted octanol–water partition coefficient (Wildman–Crippen LogP) is 2.65. The minimum atomic E-state index is -0.157. The second-order valence-electron chi connectivity index (χ2n) is 4.76. The van der Waals surface area contributed by atoms with Crippen LogP contribution in [0.25, 0.3) is 6.08 Å². The van der Waals surface area contributed by atoms with Crippen LogP contribution in [0.15, 0.2) is 54.9 Å². The highest BCUT2D eigenvalue weighted by molar-refractivity contribution is 6.03. The SMILES string of the molecule is COCCN(C(=O)/C=C/c1cccnc1)c1ccc(C#N)cc1. The number of hydrogen-bond acceptors (Lipinski definition) is 4. The van der Waals surface area contributed by atoms with Crippen LogP contribution in [0.5, 0.6) is 0 Å². The Bertz CT molecular complexity index is 703. The fraction of sp³-hybridized carbons (Fsp3) is 0.167. The highest BCUT2D eigenvalue weighted by Crippen LogP contribution is 2.16. The number of amides is 1. The summed E-state index contributed by atoms with van der Waals surface area (Å²) in [4.78, 5) is 18.1. The number of methoxy groups -OCH3 is 1. The second kappa shape index (κ2) is 8.47. The van der Waals surface area contributed by atoms with Crippen molar-refractivity contribution in [2.75, 3.05) is 25.2 Å². The molecular formula is C18H17N3O2.